The van der Waals surface area contributed by atoms with E-state index in [2.05, 4.69) is 17.6 Å². The molecule has 0 aliphatic heterocycles. The summed E-state index contributed by atoms with van der Waals surface area (Å²) in [5, 5.41) is 5.37. The van der Waals surface area contributed by atoms with Gasteiger partial charge in [-0.2, -0.15) is 0 Å². The molecule has 0 radical (unpaired) electrons. The Morgan fingerprint density at radius 2 is 1.45 bits per heavy atom. The number of unbranched alkanes of at least 4 members (excludes halogenated alkanes) is 8. The molecule has 0 aromatic carbocycles. The standard InChI is InChI=1S/C17H35N3O2/c1-3-5-6-7-8-9-10-11-12-13-16(21)20-15(14-18)17(22)19-4-2/h15H,3-14,18H2,1-2H3,(H,19,22)(H,20,21). The first-order valence-electron chi connectivity index (χ1n) is 8.92. The fourth-order valence-electron chi connectivity index (χ4n) is 2.39. The van der Waals surface area contributed by atoms with Crippen LogP contribution < -0.4 is 16.4 Å². The number of hydrogen-bond acceptors (Lipinski definition) is 3. The summed E-state index contributed by atoms with van der Waals surface area (Å²) in [6, 6.07) is -0.606. The van der Waals surface area contributed by atoms with Crippen LogP contribution in [0.15, 0.2) is 0 Å². The molecule has 22 heavy (non-hydrogen) atoms. The molecule has 0 bridgehead atoms. The third-order valence-electron chi connectivity index (χ3n) is 3.75. The Labute approximate surface area is 135 Å². The third-order valence-corrected chi connectivity index (χ3v) is 3.75. The van der Waals surface area contributed by atoms with Gasteiger partial charge in [0.05, 0.1) is 0 Å². The second-order valence-electron chi connectivity index (χ2n) is 5.83. The van der Waals surface area contributed by atoms with Gasteiger partial charge in [-0.05, 0) is 13.3 Å². The van der Waals surface area contributed by atoms with E-state index in [4.69, 9.17) is 5.73 Å². The van der Waals surface area contributed by atoms with Gasteiger partial charge in [0.25, 0.3) is 0 Å². The average Bonchev–Trinajstić information content (AvgIpc) is 2.51. The van der Waals surface area contributed by atoms with E-state index < -0.39 is 6.04 Å². The summed E-state index contributed by atoms with van der Waals surface area (Å²) < 4.78 is 0. The van der Waals surface area contributed by atoms with Gasteiger partial charge in [-0.25, -0.2) is 0 Å². The highest BCUT2D eigenvalue weighted by Crippen LogP contribution is 2.10. The second-order valence-corrected chi connectivity index (χ2v) is 5.83. The van der Waals surface area contributed by atoms with Crippen molar-refractivity contribution in [3.05, 3.63) is 0 Å². The fraction of sp³-hybridized carbons (Fsp3) is 0.882. The Bertz CT molecular complexity index is 296. The lowest BCUT2D eigenvalue weighted by Gasteiger charge is -2.16. The van der Waals surface area contributed by atoms with Crippen LogP contribution >= 0.6 is 0 Å². The first kappa shape index (κ1) is 20.9. The van der Waals surface area contributed by atoms with Crippen molar-refractivity contribution >= 4 is 11.8 Å². The smallest absolute Gasteiger partial charge is 0.243 e. The number of rotatable bonds is 14. The summed E-state index contributed by atoms with van der Waals surface area (Å²) in [7, 11) is 0. The van der Waals surface area contributed by atoms with Crippen molar-refractivity contribution in [1.82, 2.24) is 10.6 Å². The molecule has 0 aromatic rings. The number of carbonyl (C=O) groups excluding carboxylic acids is 2. The van der Waals surface area contributed by atoms with Gasteiger partial charge >= 0.3 is 0 Å². The topological polar surface area (TPSA) is 84.2 Å². The van der Waals surface area contributed by atoms with E-state index in [-0.39, 0.29) is 18.4 Å². The van der Waals surface area contributed by atoms with Crippen molar-refractivity contribution in [2.45, 2.75) is 84.1 Å². The van der Waals surface area contributed by atoms with Crippen molar-refractivity contribution < 1.29 is 9.59 Å². The molecule has 130 valence electrons. The van der Waals surface area contributed by atoms with Gasteiger partial charge in [-0.15, -0.1) is 0 Å². The maximum absolute atomic E-state index is 11.8. The van der Waals surface area contributed by atoms with Crippen molar-refractivity contribution in [2.75, 3.05) is 13.1 Å². The molecule has 1 atom stereocenters. The van der Waals surface area contributed by atoms with Gasteiger partial charge in [0.1, 0.15) is 6.04 Å². The lowest BCUT2D eigenvalue weighted by atomic mass is 10.1. The number of nitrogens with one attached hydrogen (secondary N) is 2. The molecular weight excluding hydrogens is 278 g/mol. The SMILES string of the molecule is CCCCCCCCCCCC(=O)NC(CN)C(=O)NCC. The summed E-state index contributed by atoms with van der Waals surface area (Å²) in [6.45, 7) is 4.75. The van der Waals surface area contributed by atoms with Crippen molar-refractivity contribution in [2.24, 2.45) is 5.73 Å². The van der Waals surface area contributed by atoms with Crippen molar-refractivity contribution in [3.8, 4) is 0 Å². The predicted molar refractivity (Wildman–Crippen MR) is 91.5 cm³/mol. The Hall–Kier alpha value is -1.10. The van der Waals surface area contributed by atoms with Crippen LogP contribution in [0.4, 0.5) is 0 Å². The first-order chi connectivity index (χ1) is 10.7. The summed E-state index contributed by atoms with van der Waals surface area (Å²) in [4.78, 5) is 23.4. The van der Waals surface area contributed by atoms with Crippen LogP contribution in [0.1, 0.15) is 78.1 Å². The molecule has 0 aromatic heterocycles. The molecule has 4 N–H and O–H groups in total. The number of amides is 2. The fourth-order valence-corrected chi connectivity index (χ4v) is 2.39. The van der Waals surface area contributed by atoms with Crippen LogP contribution in [0, 0.1) is 0 Å². The second kappa shape index (κ2) is 14.8. The van der Waals surface area contributed by atoms with Crippen molar-refractivity contribution in [3.63, 3.8) is 0 Å². The van der Waals surface area contributed by atoms with Gasteiger partial charge in [0, 0.05) is 19.5 Å². The minimum Gasteiger partial charge on any atom is -0.355 e. The molecule has 5 nitrogen and oxygen atoms in total. The molecule has 0 aliphatic carbocycles. The minimum absolute atomic E-state index is 0.0790. The number of hydrogen-bond donors (Lipinski definition) is 3. The zero-order valence-corrected chi connectivity index (χ0v) is 14.5. The largest absolute Gasteiger partial charge is 0.355 e. The van der Waals surface area contributed by atoms with E-state index in [0.29, 0.717) is 13.0 Å². The summed E-state index contributed by atoms with van der Waals surface area (Å²) >= 11 is 0. The highest BCUT2D eigenvalue weighted by atomic mass is 16.2. The third kappa shape index (κ3) is 11.5. The molecule has 0 rings (SSSR count). The Kier molecular flexibility index (Phi) is 14.1. The van der Waals surface area contributed by atoms with E-state index >= 15 is 0 Å². The van der Waals surface area contributed by atoms with E-state index in [1.165, 1.54) is 44.9 Å². The summed E-state index contributed by atoms with van der Waals surface area (Å²) in [5.74, 6) is -0.282. The lowest BCUT2D eigenvalue weighted by molar-refractivity contribution is -0.128. The summed E-state index contributed by atoms with van der Waals surface area (Å²) in [6.07, 6.45) is 11.5. The maximum atomic E-state index is 11.8. The number of carbonyl (C=O) groups is 2. The van der Waals surface area contributed by atoms with Crippen LogP contribution in [0.5, 0.6) is 0 Å². The molecular formula is C17H35N3O2. The van der Waals surface area contributed by atoms with Crippen LogP contribution in [-0.2, 0) is 9.59 Å². The van der Waals surface area contributed by atoms with Crippen LogP contribution in [0.3, 0.4) is 0 Å². The van der Waals surface area contributed by atoms with Gasteiger partial charge in [-0.3, -0.25) is 9.59 Å². The number of likely N-dealkylation sites (N-methyl/N-ethyl adjacent to an activating group) is 1. The molecule has 5 heteroatoms. The Morgan fingerprint density at radius 1 is 0.909 bits per heavy atom. The van der Waals surface area contributed by atoms with Gasteiger partial charge in [0.15, 0.2) is 0 Å². The molecule has 0 saturated heterocycles. The van der Waals surface area contributed by atoms with Gasteiger partial charge < -0.3 is 16.4 Å². The molecule has 0 heterocycles. The van der Waals surface area contributed by atoms with E-state index in [1.807, 2.05) is 6.92 Å². The van der Waals surface area contributed by atoms with Crippen LogP contribution in [-0.4, -0.2) is 30.9 Å². The molecule has 0 saturated carbocycles. The first-order valence-corrected chi connectivity index (χ1v) is 8.92. The van der Waals surface area contributed by atoms with E-state index in [9.17, 15) is 9.59 Å². The normalized spacial score (nSPS) is 12.0. The molecule has 0 spiro atoms. The Morgan fingerprint density at radius 3 is 1.95 bits per heavy atom. The highest BCUT2D eigenvalue weighted by molar-refractivity contribution is 5.87. The van der Waals surface area contributed by atoms with E-state index in [1.54, 1.807) is 0 Å². The highest BCUT2D eigenvalue weighted by Gasteiger charge is 2.17. The minimum atomic E-state index is -0.606. The zero-order valence-electron chi connectivity index (χ0n) is 14.5. The molecule has 0 aliphatic rings. The molecule has 1 unspecified atom stereocenters. The molecule has 2 amide bonds. The van der Waals surface area contributed by atoms with Crippen LogP contribution in [0.25, 0.3) is 0 Å². The molecule has 0 fully saturated rings. The lowest BCUT2D eigenvalue weighted by Crippen LogP contribution is -2.50. The maximum Gasteiger partial charge on any atom is 0.243 e. The summed E-state index contributed by atoms with van der Waals surface area (Å²) in [5.41, 5.74) is 5.52. The van der Waals surface area contributed by atoms with Crippen molar-refractivity contribution in [1.29, 1.82) is 0 Å². The quantitative estimate of drug-likeness (QED) is 0.431. The van der Waals surface area contributed by atoms with Crippen LogP contribution in [0.2, 0.25) is 0 Å². The predicted octanol–water partition coefficient (Wildman–Crippen LogP) is 2.49. The van der Waals surface area contributed by atoms with Gasteiger partial charge in [-0.1, -0.05) is 58.3 Å². The monoisotopic (exact) mass is 313 g/mol. The van der Waals surface area contributed by atoms with E-state index in [0.717, 1.165) is 12.8 Å². The van der Waals surface area contributed by atoms with Gasteiger partial charge in [0.2, 0.25) is 11.8 Å². The zero-order chi connectivity index (χ0) is 16.6. The Balaban J connectivity index is 3.58. The number of nitrogens with two attached hydrogens (primary N) is 1. The average molecular weight is 313 g/mol.